The zero-order valence-electron chi connectivity index (χ0n) is 11.0. The van der Waals surface area contributed by atoms with Gasteiger partial charge in [-0.3, -0.25) is 0 Å². The lowest BCUT2D eigenvalue weighted by molar-refractivity contribution is 0.0898. The lowest BCUT2D eigenvalue weighted by atomic mass is 9.95. The predicted molar refractivity (Wildman–Crippen MR) is 73.0 cm³/mol. The van der Waals surface area contributed by atoms with Crippen molar-refractivity contribution in [2.24, 2.45) is 5.92 Å². The van der Waals surface area contributed by atoms with Crippen molar-refractivity contribution in [2.75, 3.05) is 33.4 Å². The highest BCUT2D eigenvalue weighted by molar-refractivity contribution is 6.30. The summed E-state index contributed by atoms with van der Waals surface area (Å²) in [6.45, 7) is 3.11. The van der Waals surface area contributed by atoms with Crippen molar-refractivity contribution >= 4 is 11.6 Å². The van der Waals surface area contributed by atoms with Crippen LogP contribution in [0.2, 0.25) is 5.02 Å². The predicted octanol–water partition coefficient (Wildman–Crippen LogP) is 2.79. The smallest absolute Gasteiger partial charge is 0.141 e. The number of rotatable bonds is 6. The second-order valence-corrected chi connectivity index (χ2v) is 5.12. The van der Waals surface area contributed by atoms with Gasteiger partial charge in [-0.2, -0.15) is 0 Å². The first kappa shape index (κ1) is 14.7. The summed E-state index contributed by atoms with van der Waals surface area (Å²) >= 11 is 5.82. The summed E-state index contributed by atoms with van der Waals surface area (Å²) in [7, 11) is 1.68. The summed E-state index contributed by atoms with van der Waals surface area (Å²) in [6, 6.07) is 4.81. The Morgan fingerprint density at radius 3 is 3.11 bits per heavy atom. The summed E-state index contributed by atoms with van der Waals surface area (Å²) in [6.07, 6.45) is 0.993. The van der Waals surface area contributed by atoms with Gasteiger partial charge in [0.05, 0.1) is 17.7 Å². The van der Waals surface area contributed by atoms with Crippen LogP contribution < -0.4 is 5.32 Å². The first-order valence-electron chi connectivity index (χ1n) is 6.48. The highest BCUT2D eigenvalue weighted by Gasteiger charge is 2.29. The van der Waals surface area contributed by atoms with E-state index in [1.165, 1.54) is 6.07 Å². The van der Waals surface area contributed by atoms with Gasteiger partial charge in [0, 0.05) is 32.7 Å². The van der Waals surface area contributed by atoms with E-state index in [4.69, 9.17) is 21.1 Å². The van der Waals surface area contributed by atoms with Gasteiger partial charge in [-0.25, -0.2) is 4.39 Å². The van der Waals surface area contributed by atoms with Crippen molar-refractivity contribution in [1.29, 1.82) is 0 Å². The molecule has 0 amide bonds. The lowest BCUT2D eigenvalue weighted by Gasteiger charge is -2.19. The molecule has 3 nitrogen and oxygen atoms in total. The summed E-state index contributed by atoms with van der Waals surface area (Å²) in [5, 5.41) is 3.49. The van der Waals surface area contributed by atoms with Crippen LogP contribution in [0.1, 0.15) is 18.1 Å². The van der Waals surface area contributed by atoms with Gasteiger partial charge < -0.3 is 14.8 Å². The highest BCUT2D eigenvalue weighted by Crippen LogP contribution is 2.35. The van der Waals surface area contributed by atoms with E-state index >= 15 is 0 Å². The Morgan fingerprint density at radius 1 is 1.53 bits per heavy atom. The average Bonchev–Trinajstić information content (AvgIpc) is 2.86. The summed E-state index contributed by atoms with van der Waals surface area (Å²) in [5.41, 5.74) is 0.947. The van der Waals surface area contributed by atoms with E-state index < -0.39 is 5.82 Å². The molecule has 0 saturated carbocycles. The Kier molecular flexibility index (Phi) is 5.58. The van der Waals surface area contributed by atoms with E-state index in [0.717, 1.165) is 31.7 Å². The molecule has 0 radical (unpaired) electrons. The largest absolute Gasteiger partial charge is 0.383 e. The first-order chi connectivity index (χ1) is 9.22. The monoisotopic (exact) mass is 287 g/mol. The zero-order valence-corrected chi connectivity index (χ0v) is 11.8. The lowest BCUT2D eigenvalue weighted by Crippen LogP contribution is -2.27. The molecule has 1 fully saturated rings. The van der Waals surface area contributed by atoms with Crippen LogP contribution in [0, 0.1) is 11.7 Å². The number of benzene rings is 1. The fraction of sp³-hybridized carbons (Fsp3) is 0.571. The van der Waals surface area contributed by atoms with Gasteiger partial charge in [-0.05, 0) is 24.1 Å². The highest BCUT2D eigenvalue weighted by atomic mass is 35.5. The second-order valence-electron chi connectivity index (χ2n) is 4.71. The third kappa shape index (κ3) is 3.89. The van der Waals surface area contributed by atoms with Crippen LogP contribution in [-0.4, -0.2) is 33.4 Å². The Morgan fingerprint density at radius 2 is 2.37 bits per heavy atom. The number of halogens is 2. The Labute approximate surface area is 118 Å². The molecule has 1 heterocycles. The van der Waals surface area contributed by atoms with Gasteiger partial charge >= 0.3 is 0 Å². The fourth-order valence-electron chi connectivity index (χ4n) is 2.36. The van der Waals surface area contributed by atoms with E-state index in [9.17, 15) is 4.39 Å². The van der Waals surface area contributed by atoms with E-state index in [2.05, 4.69) is 5.32 Å². The molecule has 1 aliphatic heterocycles. The molecule has 2 atom stereocenters. The van der Waals surface area contributed by atoms with Crippen molar-refractivity contribution in [1.82, 2.24) is 5.32 Å². The molecule has 0 spiro atoms. The Balaban J connectivity index is 1.95. The third-order valence-electron chi connectivity index (χ3n) is 3.38. The number of hydrogen-bond donors (Lipinski definition) is 1. The van der Waals surface area contributed by atoms with Crippen molar-refractivity contribution in [3.63, 3.8) is 0 Å². The minimum absolute atomic E-state index is 0.00635. The maximum absolute atomic E-state index is 13.2. The summed E-state index contributed by atoms with van der Waals surface area (Å²) in [4.78, 5) is 0. The van der Waals surface area contributed by atoms with Crippen LogP contribution in [0.4, 0.5) is 4.39 Å². The van der Waals surface area contributed by atoms with E-state index in [0.29, 0.717) is 12.5 Å². The molecule has 2 rings (SSSR count). The van der Waals surface area contributed by atoms with Crippen LogP contribution in [0.25, 0.3) is 0 Å². The van der Waals surface area contributed by atoms with Crippen molar-refractivity contribution in [3.8, 4) is 0 Å². The molecule has 19 heavy (non-hydrogen) atoms. The standard InChI is InChI=1S/C14H19ClFNO2/c1-18-7-5-17-9-11-4-6-19-14(11)10-2-3-13(16)12(15)8-10/h2-3,8,11,14,17H,4-7,9H2,1H3. The van der Waals surface area contributed by atoms with Crippen LogP contribution in [0.5, 0.6) is 0 Å². The normalized spacial score (nSPS) is 22.9. The van der Waals surface area contributed by atoms with Crippen LogP contribution in [0.15, 0.2) is 18.2 Å². The molecule has 1 aromatic rings. The average molecular weight is 288 g/mol. The molecular weight excluding hydrogens is 269 g/mol. The molecule has 106 valence electrons. The molecule has 5 heteroatoms. The third-order valence-corrected chi connectivity index (χ3v) is 3.67. The zero-order chi connectivity index (χ0) is 13.7. The molecule has 1 aromatic carbocycles. The molecule has 0 aliphatic carbocycles. The quantitative estimate of drug-likeness (QED) is 0.816. The number of nitrogens with one attached hydrogen (secondary N) is 1. The van der Waals surface area contributed by atoms with Crippen LogP contribution >= 0.6 is 11.6 Å². The van der Waals surface area contributed by atoms with Crippen LogP contribution in [-0.2, 0) is 9.47 Å². The van der Waals surface area contributed by atoms with E-state index in [1.54, 1.807) is 19.2 Å². The topological polar surface area (TPSA) is 30.5 Å². The van der Waals surface area contributed by atoms with Gasteiger partial charge in [-0.1, -0.05) is 17.7 Å². The SMILES string of the molecule is COCCNCC1CCOC1c1ccc(F)c(Cl)c1. The van der Waals surface area contributed by atoms with Gasteiger partial charge in [0.25, 0.3) is 0 Å². The molecule has 0 bridgehead atoms. The Hall–Kier alpha value is -0.680. The fourth-order valence-corrected chi connectivity index (χ4v) is 2.55. The van der Waals surface area contributed by atoms with Gasteiger partial charge in [0.15, 0.2) is 0 Å². The van der Waals surface area contributed by atoms with Crippen molar-refractivity contribution < 1.29 is 13.9 Å². The summed E-state index contributed by atoms with van der Waals surface area (Å²) < 4.78 is 23.9. The maximum atomic E-state index is 13.2. The minimum Gasteiger partial charge on any atom is -0.383 e. The van der Waals surface area contributed by atoms with Gasteiger partial charge in [0.1, 0.15) is 5.82 Å². The first-order valence-corrected chi connectivity index (χ1v) is 6.86. The minimum atomic E-state index is -0.391. The number of ether oxygens (including phenoxy) is 2. The van der Waals surface area contributed by atoms with E-state index in [1.807, 2.05) is 0 Å². The van der Waals surface area contributed by atoms with Gasteiger partial charge in [0.2, 0.25) is 0 Å². The second kappa shape index (κ2) is 7.20. The van der Waals surface area contributed by atoms with E-state index in [-0.39, 0.29) is 11.1 Å². The molecule has 2 unspecified atom stereocenters. The number of methoxy groups -OCH3 is 1. The van der Waals surface area contributed by atoms with Gasteiger partial charge in [-0.15, -0.1) is 0 Å². The maximum Gasteiger partial charge on any atom is 0.141 e. The van der Waals surface area contributed by atoms with Crippen molar-refractivity contribution in [2.45, 2.75) is 12.5 Å². The molecule has 1 aliphatic rings. The summed E-state index contributed by atoms with van der Waals surface area (Å²) in [5.74, 6) is -0.00318. The Bertz CT molecular complexity index is 416. The molecule has 1 N–H and O–H groups in total. The number of hydrogen-bond acceptors (Lipinski definition) is 3. The van der Waals surface area contributed by atoms with Crippen molar-refractivity contribution in [3.05, 3.63) is 34.6 Å². The molecule has 0 aromatic heterocycles. The molecule has 1 saturated heterocycles. The van der Waals surface area contributed by atoms with Crippen LogP contribution in [0.3, 0.4) is 0 Å². The molecular formula is C14H19ClFNO2.